The number of nitrogens with zero attached hydrogens (tertiary/aromatic N) is 5. The third-order valence-electron chi connectivity index (χ3n) is 4.08. The first-order valence-corrected chi connectivity index (χ1v) is 7.90. The molecule has 3 heterocycles. The van der Waals surface area contributed by atoms with Gasteiger partial charge in [0.2, 0.25) is 0 Å². The maximum absolute atomic E-state index is 5.70. The van der Waals surface area contributed by atoms with Crippen LogP contribution in [0.5, 0.6) is 0 Å². The molecule has 6 nitrogen and oxygen atoms in total. The molecule has 22 heavy (non-hydrogen) atoms. The smallest absolute Gasteiger partial charge is 0.151 e. The monoisotopic (exact) mass is 301 g/mol. The van der Waals surface area contributed by atoms with Crippen LogP contribution in [0.1, 0.15) is 36.7 Å². The molecule has 0 amide bonds. The Bertz CT molecular complexity index is 622. The average Bonchev–Trinajstić information content (AvgIpc) is 2.96. The highest BCUT2D eigenvalue weighted by atomic mass is 16.5. The molecule has 0 fully saturated rings. The molecule has 0 saturated heterocycles. The van der Waals surface area contributed by atoms with Crippen molar-refractivity contribution in [3.05, 3.63) is 35.3 Å². The second-order valence-electron chi connectivity index (χ2n) is 5.64. The molecule has 0 unspecified atom stereocenters. The van der Waals surface area contributed by atoms with E-state index in [1.54, 1.807) is 0 Å². The summed E-state index contributed by atoms with van der Waals surface area (Å²) in [4.78, 5) is 2.26. The first-order valence-electron chi connectivity index (χ1n) is 7.90. The first kappa shape index (κ1) is 15.0. The van der Waals surface area contributed by atoms with Crippen LogP contribution < -0.4 is 4.90 Å². The summed E-state index contributed by atoms with van der Waals surface area (Å²) in [6.07, 6.45) is 1.98. The number of hydrogen-bond donors (Lipinski definition) is 0. The molecule has 0 aromatic carbocycles. The normalized spacial score (nSPS) is 17.6. The van der Waals surface area contributed by atoms with E-state index in [2.05, 4.69) is 31.8 Å². The standard InChI is InChI=1S/C16H23N5O/c1-4-21-16-13(8-17-21)9-20(10-14(16)11-22-5-2)15-7-6-12(3)18-19-15/h6-8,14H,4-5,9-11H2,1-3H3/t14-/m0/s1. The van der Waals surface area contributed by atoms with Gasteiger partial charge in [0.05, 0.1) is 24.2 Å². The Balaban J connectivity index is 1.89. The van der Waals surface area contributed by atoms with Gasteiger partial charge in [-0.1, -0.05) is 0 Å². The lowest BCUT2D eigenvalue weighted by Crippen LogP contribution is -2.37. The summed E-state index contributed by atoms with van der Waals surface area (Å²) in [6, 6.07) is 4.04. The van der Waals surface area contributed by atoms with Crippen molar-refractivity contribution in [1.29, 1.82) is 0 Å². The lowest BCUT2D eigenvalue weighted by Gasteiger charge is -2.33. The number of rotatable bonds is 5. The second-order valence-corrected chi connectivity index (χ2v) is 5.64. The predicted molar refractivity (Wildman–Crippen MR) is 85.0 cm³/mol. The van der Waals surface area contributed by atoms with Crippen LogP contribution in [0.4, 0.5) is 5.82 Å². The van der Waals surface area contributed by atoms with E-state index in [9.17, 15) is 0 Å². The van der Waals surface area contributed by atoms with Crippen LogP contribution in [0, 0.1) is 6.92 Å². The zero-order valence-electron chi connectivity index (χ0n) is 13.5. The van der Waals surface area contributed by atoms with E-state index in [0.717, 1.165) is 37.8 Å². The Morgan fingerprint density at radius 1 is 1.27 bits per heavy atom. The quantitative estimate of drug-likeness (QED) is 0.847. The minimum atomic E-state index is 0.314. The van der Waals surface area contributed by atoms with Gasteiger partial charge in [-0.3, -0.25) is 4.68 Å². The summed E-state index contributed by atoms with van der Waals surface area (Å²) in [5.41, 5.74) is 3.51. The number of hydrogen-bond acceptors (Lipinski definition) is 5. The number of anilines is 1. The fraction of sp³-hybridized carbons (Fsp3) is 0.562. The third kappa shape index (κ3) is 2.83. The van der Waals surface area contributed by atoms with Crippen molar-refractivity contribution in [1.82, 2.24) is 20.0 Å². The van der Waals surface area contributed by atoms with Crippen molar-refractivity contribution in [2.24, 2.45) is 0 Å². The summed E-state index contributed by atoms with van der Waals surface area (Å²) in [5.74, 6) is 1.23. The first-order chi connectivity index (χ1) is 10.7. The van der Waals surface area contributed by atoms with Crippen LogP contribution in [0.3, 0.4) is 0 Å². The van der Waals surface area contributed by atoms with E-state index in [4.69, 9.17) is 4.74 Å². The van der Waals surface area contributed by atoms with Crippen molar-refractivity contribution in [3.8, 4) is 0 Å². The van der Waals surface area contributed by atoms with Crippen LogP contribution in [0.15, 0.2) is 18.3 Å². The van der Waals surface area contributed by atoms with Crippen LogP contribution in [0.25, 0.3) is 0 Å². The molecule has 3 rings (SSSR count). The fourth-order valence-corrected chi connectivity index (χ4v) is 3.03. The van der Waals surface area contributed by atoms with E-state index in [1.165, 1.54) is 11.3 Å². The second kappa shape index (κ2) is 6.44. The summed E-state index contributed by atoms with van der Waals surface area (Å²) in [6.45, 7) is 10.2. The van der Waals surface area contributed by atoms with Crippen molar-refractivity contribution in [2.45, 2.75) is 39.8 Å². The molecule has 1 aliphatic heterocycles. The van der Waals surface area contributed by atoms with Crippen molar-refractivity contribution in [3.63, 3.8) is 0 Å². The van der Waals surface area contributed by atoms with Gasteiger partial charge in [-0.05, 0) is 32.9 Å². The lowest BCUT2D eigenvalue weighted by molar-refractivity contribution is 0.129. The molecule has 0 radical (unpaired) electrons. The maximum Gasteiger partial charge on any atom is 0.151 e. The Labute approximate surface area is 131 Å². The topological polar surface area (TPSA) is 56.1 Å². The Morgan fingerprint density at radius 2 is 2.14 bits per heavy atom. The third-order valence-corrected chi connectivity index (χ3v) is 4.08. The van der Waals surface area contributed by atoms with Crippen LogP contribution in [-0.4, -0.2) is 39.7 Å². The molecule has 1 atom stereocenters. The summed E-state index contributed by atoms with van der Waals surface area (Å²) in [5, 5.41) is 13.0. The highest BCUT2D eigenvalue weighted by Gasteiger charge is 2.30. The van der Waals surface area contributed by atoms with E-state index in [0.29, 0.717) is 12.5 Å². The predicted octanol–water partition coefficient (Wildman–Crippen LogP) is 2.14. The Morgan fingerprint density at radius 3 is 2.82 bits per heavy atom. The Kier molecular flexibility index (Phi) is 4.38. The van der Waals surface area contributed by atoms with Gasteiger partial charge in [0.15, 0.2) is 5.82 Å². The van der Waals surface area contributed by atoms with Crippen molar-refractivity contribution < 1.29 is 4.74 Å². The maximum atomic E-state index is 5.70. The number of aryl methyl sites for hydroxylation is 2. The molecule has 0 aliphatic carbocycles. The van der Waals surface area contributed by atoms with Crippen molar-refractivity contribution >= 4 is 5.82 Å². The Hall–Kier alpha value is -1.95. The molecule has 118 valence electrons. The van der Waals surface area contributed by atoms with E-state index < -0.39 is 0 Å². The van der Waals surface area contributed by atoms with Gasteiger partial charge in [-0.15, -0.1) is 5.10 Å². The molecule has 0 spiro atoms. The average molecular weight is 301 g/mol. The van der Waals surface area contributed by atoms with E-state index in [1.807, 2.05) is 32.2 Å². The molecule has 0 saturated carbocycles. The number of aromatic nitrogens is 4. The molecule has 0 bridgehead atoms. The molecular weight excluding hydrogens is 278 g/mol. The van der Waals surface area contributed by atoms with E-state index >= 15 is 0 Å². The van der Waals surface area contributed by atoms with Gasteiger partial charge < -0.3 is 9.64 Å². The van der Waals surface area contributed by atoms with Crippen molar-refractivity contribution in [2.75, 3.05) is 24.7 Å². The van der Waals surface area contributed by atoms with Crippen LogP contribution >= 0.6 is 0 Å². The highest BCUT2D eigenvalue weighted by molar-refractivity contribution is 5.43. The fourth-order valence-electron chi connectivity index (χ4n) is 3.03. The van der Waals surface area contributed by atoms with Gasteiger partial charge in [0.25, 0.3) is 0 Å². The molecule has 0 N–H and O–H groups in total. The van der Waals surface area contributed by atoms with Gasteiger partial charge in [0.1, 0.15) is 0 Å². The number of fused-ring (bicyclic) bond motifs is 1. The van der Waals surface area contributed by atoms with E-state index in [-0.39, 0.29) is 0 Å². The lowest BCUT2D eigenvalue weighted by atomic mass is 9.97. The largest absolute Gasteiger partial charge is 0.381 e. The van der Waals surface area contributed by atoms with Gasteiger partial charge in [0, 0.05) is 37.7 Å². The zero-order valence-corrected chi connectivity index (χ0v) is 13.5. The van der Waals surface area contributed by atoms with Gasteiger partial charge in [-0.2, -0.15) is 10.2 Å². The minimum absolute atomic E-state index is 0.314. The SMILES string of the molecule is CCOC[C@@H]1CN(c2ccc(C)nn2)Cc2cnn(CC)c21. The van der Waals surface area contributed by atoms with Crippen LogP contribution in [-0.2, 0) is 17.8 Å². The molecule has 1 aliphatic rings. The summed E-state index contributed by atoms with van der Waals surface area (Å²) in [7, 11) is 0. The van der Waals surface area contributed by atoms with Gasteiger partial charge >= 0.3 is 0 Å². The summed E-state index contributed by atoms with van der Waals surface area (Å²) < 4.78 is 7.79. The minimum Gasteiger partial charge on any atom is -0.381 e. The molecule has 2 aromatic heterocycles. The molecule has 2 aromatic rings. The van der Waals surface area contributed by atoms with Gasteiger partial charge in [-0.25, -0.2) is 0 Å². The molecule has 6 heteroatoms. The van der Waals surface area contributed by atoms with Crippen LogP contribution in [0.2, 0.25) is 0 Å². The molecular formula is C16H23N5O. The zero-order chi connectivity index (χ0) is 15.5. The number of ether oxygens (including phenoxy) is 1. The highest BCUT2D eigenvalue weighted by Crippen LogP contribution is 2.30. The summed E-state index contributed by atoms with van der Waals surface area (Å²) >= 11 is 0.